The molecule has 0 saturated heterocycles. The maximum Gasteiger partial charge on any atom is 0.125 e. The molecule has 0 aromatic heterocycles. The van der Waals surface area contributed by atoms with Crippen LogP contribution in [0, 0.1) is 13.8 Å². The summed E-state index contributed by atoms with van der Waals surface area (Å²) in [6.45, 7) is 4.68. The van der Waals surface area contributed by atoms with Crippen molar-refractivity contribution in [3.8, 4) is 5.75 Å². The minimum atomic E-state index is -0.0719. The van der Waals surface area contributed by atoms with E-state index in [0.717, 1.165) is 23.3 Å². The topological polar surface area (TPSA) is 58.0 Å². The second-order valence-corrected chi connectivity index (χ2v) is 3.86. The molecule has 0 amide bonds. The lowest BCUT2D eigenvalue weighted by Crippen LogP contribution is -2.13. The van der Waals surface area contributed by atoms with E-state index in [2.05, 4.69) is 16.1 Å². The molecule has 1 atom stereocenters. The van der Waals surface area contributed by atoms with E-state index in [4.69, 9.17) is 10.3 Å². The standard InChI is InChI=1S/C11H13N3O/c1-7-5-8(2)11-9(6-7)10(13-14-12)3-4-15-11/h5-6,10H,3-4H2,1-2H3/t10-/m0/s1. The Morgan fingerprint density at radius 2 is 2.27 bits per heavy atom. The predicted octanol–water partition coefficient (Wildman–Crippen LogP) is 3.44. The van der Waals surface area contributed by atoms with E-state index in [1.807, 2.05) is 19.9 Å². The van der Waals surface area contributed by atoms with Gasteiger partial charge in [0.1, 0.15) is 5.75 Å². The average molecular weight is 203 g/mol. The number of aryl methyl sites for hydroxylation is 2. The highest BCUT2D eigenvalue weighted by atomic mass is 16.5. The van der Waals surface area contributed by atoms with E-state index < -0.39 is 0 Å². The van der Waals surface area contributed by atoms with Gasteiger partial charge in [0.25, 0.3) is 0 Å². The molecule has 0 spiro atoms. The van der Waals surface area contributed by atoms with E-state index in [0.29, 0.717) is 6.61 Å². The van der Waals surface area contributed by atoms with Crippen molar-refractivity contribution in [3.05, 3.63) is 39.3 Å². The second-order valence-electron chi connectivity index (χ2n) is 3.86. The highest BCUT2D eigenvalue weighted by molar-refractivity contribution is 5.46. The largest absolute Gasteiger partial charge is 0.493 e. The van der Waals surface area contributed by atoms with Crippen LogP contribution in [0.1, 0.15) is 29.2 Å². The molecule has 0 saturated carbocycles. The van der Waals surface area contributed by atoms with Gasteiger partial charge >= 0.3 is 0 Å². The first kappa shape index (κ1) is 9.87. The SMILES string of the molecule is Cc1cc(C)c2c(c1)[C@@H](N=[N+]=[N-])CCO2. The summed E-state index contributed by atoms with van der Waals surface area (Å²) in [6, 6.07) is 4.05. The summed E-state index contributed by atoms with van der Waals surface area (Å²) in [5.74, 6) is 0.893. The number of benzene rings is 1. The van der Waals surface area contributed by atoms with Gasteiger partial charge in [-0.05, 0) is 31.4 Å². The molecule has 0 unspecified atom stereocenters. The van der Waals surface area contributed by atoms with Gasteiger partial charge in [-0.2, -0.15) is 0 Å². The van der Waals surface area contributed by atoms with Crippen LogP contribution in [-0.2, 0) is 0 Å². The number of rotatable bonds is 1. The number of hydrogen-bond acceptors (Lipinski definition) is 2. The molecule has 1 aliphatic heterocycles. The van der Waals surface area contributed by atoms with Crippen molar-refractivity contribution < 1.29 is 4.74 Å². The van der Waals surface area contributed by atoms with E-state index in [-0.39, 0.29) is 6.04 Å². The van der Waals surface area contributed by atoms with Crippen LogP contribution < -0.4 is 4.74 Å². The van der Waals surface area contributed by atoms with Gasteiger partial charge in [0.15, 0.2) is 0 Å². The number of azide groups is 1. The molecule has 15 heavy (non-hydrogen) atoms. The maximum absolute atomic E-state index is 8.50. The van der Waals surface area contributed by atoms with Crippen molar-refractivity contribution in [2.45, 2.75) is 26.3 Å². The van der Waals surface area contributed by atoms with Crippen LogP contribution in [0.4, 0.5) is 0 Å². The van der Waals surface area contributed by atoms with Gasteiger partial charge < -0.3 is 4.74 Å². The summed E-state index contributed by atoms with van der Waals surface area (Å²) in [5, 5.41) is 3.81. The maximum atomic E-state index is 8.50. The third-order valence-electron chi connectivity index (χ3n) is 2.64. The first-order chi connectivity index (χ1) is 7.22. The van der Waals surface area contributed by atoms with Crippen LogP contribution in [0.25, 0.3) is 10.4 Å². The normalized spacial score (nSPS) is 18.7. The Bertz CT molecular complexity index is 436. The van der Waals surface area contributed by atoms with Crippen molar-refractivity contribution >= 4 is 0 Å². The van der Waals surface area contributed by atoms with Gasteiger partial charge in [-0.15, -0.1) is 0 Å². The summed E-state index contributed by atoms with van der Waals surface area (Å²) < 4.78 is 5.60. The van der Waals surface area contributed by atoms with E-state index >= 15 is 0 Å². The first-order valence-electron chi connectivity index (χ1n) is 5.00. The molecule has 1 aromatic rings. The van der Waals surface area contributed by atoms with Crippen LogP contribution in [0.5, 0.6) is 5.75 Å². The third-order valence-corrected chi connectivity index (χ3v) is 2.64. The third kappa shape index (κ3) is 1.76. The zero-order valence-electron chi connectivity index (χ0n) is 8.90. The van der Waals surface area contributed by atoms with Gasteiger partial charge in [0, 0.05) is 10.5 Å². The molecule has 0 N–H and O–H groups in total. The quantitative estimate of drug-likeness (QED) is 0.392. The van der Waals surface area contributed by atoms with Crippen LogP contribution in [0.2, 0.25) is 0 Å². The minimum absolute atomic E-state index is 0.0719. The molecule has 1 aliphatic rings. The van der Waals surface area contributed by atoms with Crippen LogP contribution in [0.15, 0.2) is 17.2 Å². The fourth-order valence-corrected chi connectivity index (χ4v) is 2.04. The Labute approximate surface area is 88.5 Å². The van der Waals surface area contributed by atoms with Gasteiger partial charge in [-0.1, -0.05) is 22.8 Å². The lowest BCUT2D eigenvalue weighted by molar-refractivity contribution is 0.267. The van der Waals surface area contributed by atoms with Gasteiger partial charge in [-0.3, -0.25) is 0 Å². The van der Waals surface area contributed by atoms with Gasteiger partial charge in [0.2, 0.25) is 0 Å². The molecular weight excluding hydrogens is 190 g/mol. The summed E-state index contributed by atoms with van der Waals surface area (Å²) in [5.41, 5.74) is 11.8. The Balaban J connectivity index is 2.55. The Kier molecular flexibility index (Phi) is 2.52. The highest BCUT2D eigenvalue weighted by Crippen LogP contribution is 2.37. The molecule has 0 aliphatic carbocycles. The number of ether oxygens (including phenoxy) is 1. The van der Waals surface area contributed by atoms with Gasteiger partial charge in [-0.25, -0.2) is 0 Å². The average Bonchev–Trinajstić information content (AvgIpc) is 2.19. The summed E-state index contributed by atoms with van der Waals surface area (Å²) in [7, 11) is 0. The molecule has 4 heteroatoms. The van der Waals surface area contributed by atoms with Crippen molar-refractivity contribution in [1.82, 2.24) is 0 Å². The van der Waals surface area contributed by atoms with Crippen molar-refractivity contribution in [2.24, 2.45) is 5.11 Å². The lowest BCUT2D eigenvalue weighted by atomic mass is 9.96. The molecule has 4 nitrogen and oxygen atoms in total. The Hall–Kier alpha value is -1.67. The zero-order chi connectivity index (χ0) is 10.8. The van der Waals surface area contributed by atoms with Crippen molar-refractivity contribution in [3.63, 3.8) is 0 Å². The molecule has 0 bridgehead atoms. The van der Waals surface area contributed by atoms with E-state index in [9.17, 15) is 0 Å². The predicted molar refractivity (Wildman–Crippen MR) is 57.9 cm³/mol. The summed E-state index contributed by atoms with van der Waals surface area (Å²) in [4.78, 5) is 2.89. The molecular formula is C11H13N3O. The van der Waals surface area contributed by atoms with Gasteiger partial charge in [0.05, 0.1) is 12.6 Å². The van der Waals surface area contributed by atoms with Crippen LogP contribution in [0.3, 0.4) is 0 Å². The monoisotopic (exact) mass is 203 g/mol. The van der Waals surface area contributed by atoms with Crippen LogP contribution >= 0.6 is 0 Å². The lowest BCUT2D eigenvalue weighted by Gasteiger charge is -2.24. The van der Waals surface area contributed by atoms with E-state index in [1.165, 1.54) is 5.56 Å². The van der Waals surface area contributed by atoms with Crippen LogP contribution in [-0.4, -0.2) is 6.61 Å². The zero-order valence-corrected chi connectivity index (χ0v) is 8.90. The Morgan fingerprint density at radius 3 is 3.00 bits per heavy atom. The molecule has 78 valence electrons. The molecule has 1 aromatic carbocycles. The minimum Gasteiger partial charge on any atom is -0.493 e. The molecule has 1 heterocycles. The fourth-order valence-electron chi connectivity index (χ4n) is 2.04. The summed E-state index contributed by atoms with van der Waals surface area (Å²) >= 11 is 0. The molecule has 0 fully saturated rings. The molecule has 2 rings (SSSR count). The van der Waals surface area contributed by atoms with E-state index in [1.54, 1.807) is 0 Å². The molecule has 0 radical (unpaired) electrons. The fraction of sp³-hybridized carbons (Fsp3) is 0.455. The second kappa shape index (κ2) is 3.83. The highest BCUT2D eigenvalue weighted by Gasteiger charge is 2.21. The smallest absolute Gasteiger partial charge is 0.125 e. The van der Waals surface area contributed by atoms with Crippen molar-refractivity contribution in [1.29, 1.82) is 0 Å². The number of nitrogens with zero attached hydrogens (tertiary/aromatic N) is 3. The first-order valence-corrected chi connectivity index (χ1v) is 5.00. The number of hydrogen-bond donors (Lipinski definition) is 0. The Morgan fingerprint density at radius 1 is 1.47 bits per heavy atom. The number of fused-ring (bicyclic) bond motifs is 1. The van der Waals surface area contributed by atoms with Crippen molar-refractivity contribution in [2.75, 3.05) is 6.61 Å². The summed E-state index contributed by atoms with van der Waals surface area (Å²) in [6.07, 6.45) is 0.764.